The summed E-state index contributed by atoms with van der Waals surface area (Å²) < 4.78 is 116. The molecule has 0 spiro atoms. The van der Waals surface area contributed by atoms with Crippen molar-refractivity contribution < 1.29 is 21.2 Å². The smallest absolute Gasteiger partial charge is 0.0617 e. The number of hydrogen-bond donors (Lipinski definition) is 0. The third-order valence-corrected chi connectivity index (χ3v) is 11.5. The van der Waals surface area contributed by atoms with Crippen molar-refractivity contribution in [2.75, 3.05) is 0 Å². The molecule has 0 fully saturated rings. The van der Waals surface area contributed by atoms with Gasteiger partial charge in [-0.1, -0.05) is 38.0 Å². The first-order chi connectivity index (χ1) is 27.3. The minimum Gasteiger partial charge on any atom is -0.0617 e. The number of benzene rings is 6. The van der Waals surface area contributed by atoms with E-state index in [2.05, 4.69) is 28.8 Å². The Kier molecular flexibility index (Phi) is 3.90. The zero-order chi connectivity index (χ0) is 41.2. The van der Waals surface area contributed by atoms with Crippen molar-refractivity contribution in [2.24, 2.45) is 0 Å². The third-order valence-electron chi connectivity index (χ3n) is 8.99. The second-order valence-corrected chi connectivity index (χ2v) is 13.8. The van der Waals surface area contributed by atoms with Gasteiger partial charge in [-0.25, -0.2) is 0 Å². The number of rotatable bonds is 3. The van der Waals surface area contributed by atoms with E-state index in [4.69, 9.17) is 21.2 Å². The molecule has 0 amide bonds. The molecule has 2 aromatic heterocycles. The average molecular weight is 671 g/mol. The monoisotopic (exact) mass is 671 g/mol. The summed E-state index contributed by atoms with van der Waals surface area (Å²) in [5, 5.41) is 2.26. The molecule has 0 saturated carbocycles. The summed E-state index contributed by atoms with van der Waals surface area (Å²) in [4.78, 5) is 0. The molecule has 1 aliphatic heterocycles. The fourth-order valence-electron chi connectivity index (χ4n) is 6.88. The number of fused-ring (bicyclic) bond motifs is 7. The number of aryl methyl sites for hydroxylation is 1. The molecule has 0 saturated heterocycles. The molecule has 3 heterocycles. The van der Waals surface area contributed by atoms with Crippen LogP contribution in [0.4, 0.5) is 0 Å². The second kappa shape index (κ2) is 10.1. The van der Waals surface area contributed by atoms with Crippen molar-refractivity contribution in [3.63, 3.8) is 0 Å². The van der Waals surface area contributed by atoms with Crippen molar-refractivity contribution in [3.8, 4) is 39.4 Å². The summed E-state index contributed by atoms with van der Waals surface area (Å²) in [6.07, 6.45) is 0. The van der Waals surface area contributed by atoms with Gasteiger partial charge in [0, 0.05) is 19.2 Å². The van der Waals surface area contributed by atoms with Crippen LogP contribution >= 0.6 is 0 Å². The zero-order valence-corrected chi connectivity index (χ0v) is 26.1. The van der Waals surface area contributed by atoms with Gasteiger partial charge in [0.1, 0.15) is 5.75 Å². The first-order valence-corrected chi connectivity index (χ1v) is 16.7. The van der Waals surface area contributed by atoms with Gasteiger partial charge in [0.05, 0.1) is 0 Å². The molecular weight excluding hydrogens is 625 g/mol. The third kappa shape index (κ3) is 3.89. The van der Waals surface area contributed by atoms with Crippen molar-refractivity contribution in [2.45, 2.75) is 32.8 Å². The Morgan fingerprint density at radius 3 is 2.39 bits per heavy atom. The fraction of sp³-hybridized carbons (Fsp3) is 0.116. The van der Waals surface area contributed by atoms with Crippen LogP contribution in [0.1, 0.15) is 52.4 Å². The SMILES string of the molecule is [2H]C([2H])([2H])c1ccc(-c2cccc(-n3c4ccccc4c4[se]c5ccccc5c43)c2)c(C([2H])([2H])[2H])c1-c1cccc2c1Oc1ccccc1C2(C([2H])([2H])[2H])C([2H])([2H])[2H]. The van der Waals surface area contributed by atoms with Crippen molar-refractivity contribution in [1.29, 1.82) is 0 Å². The van der Waals surface area contributed by atoms with Gasteiger partial charge in [-0.15, -0.1) is 0 Å². The summed E-state index contributed by atoms with van der Waals surface area (Å²) in [6.45, 7) is -12.1. The first kappa shape index (κ1) is 17.8. The molecule has 0 N–H and O–H groups in total. The Bertz CT molecular complexity index is 2930. The molecular formula is C43H33NOSe. The molecule has 2 nitrogen and oxygen atoms in total. The molecule has 3 heteroatoms. The molecule has 0 aliphatic carbocycles. The molecule has 0 atom stereocenters. The van der Waals surface area contributed by atoms with E-state index >= 15 is 0 Å². The molecule has 8 aromatic rings. The van der Waals surface area contributed by atoms with Gasteiger partial charge in [0.25, 0.3) is 0 Å². The second-order valence-electron chi connectivity index (χ2n) is 11.6. The van der Waals surface area contributed by atoms with Crippen LogP contribution in [-0.2, 0) is 5.41 Å². The summed E-state index contributed by atoms with van der Waals surface area (Å²) >= 11 is 0.0664. The van der Waals surface area contributed by atoms with E-state index in [1.165, 1.54) is 57.1 Å². The molecule has 0 radical (unpaired) electrons. The summed E-state index contributed by atoms with van der Waals surface area (Å²) in [5.41, 5.74) is -0.181. The van der Waals surface area contributed by atoms with E-state index in [9.17, 15) is 0 Å². The van der Waals surface area contributed by atoms with Gasteiger partial charge in [-0.2, -0.15) is 0 Å². The number of aromatic nitrogens is 1. The van der Waals surface area contributed by atoms with Gasteiger partial charge in [-0.3, -0.25) is 0 Å². The molecule has 0 bridgehead atoms. The number of nitrogens with zero attached hydrogens (tertiary/aromatic N) is 1. The predicted octanol–water partition coefficient (Wildman–Crippen LogP) is 11.4. The first-order valence-electron chi connectivity index (χ1n) is 20.9. The molecule has 6 aromatic carbocycles. The Morgan fingerprint density at radius 1 is 0.696 bits per heavy atom. The van der Waals surface area contributed by atoms with E-state index in [0.717, 1.165) is 27.5 Å². The molecule has 222 valence electrons. The topological polar surface area (TPSA) is 14.2 Å². The molecule has 1 aliphatic rings. The van der Waals surface area contributed by atoms with Gasteiger partial charge in [-0.05, 0) is 6.07 Å². The number of hydrogen-bond acceptors (Lipinski definition) is 1. The maximum absolute atomic E-state index is 9.00. The van der Waals surface area contributed by atoms with E-state index in [1.54, 1.807) is 12.1 Å². The fourth-order valence-corrected chi connectivity index (χ4v) is 9.44. The Balaban J connectivity index is 1.35. The van der Waals surface area contributed by atoms with Gasteiger partial charge in [0.15, 0.2) is 0 Å². The van der Waals surface area contributed by atoms with Crippen LogP contribution in [0.2, 0.25) is 0 Å². The Hall–Kier alpha value is -4.82. The maximum atomic E-state index is 9.00. The van der Waals surface area contributed by atoms with Gasteiger partial charge >= 0.3 is 224 Å². The standard InChI is InChI=1S/C43H33NOSe/c1-26-23-24-30(27(2)39(26)33-17-12-19-35-41(33)45-37-21-9-7-18-34(37)43(35,3)4)28-13-11-14-29(25-28)44-36-20-8-5-15-31(36)42-40(44)32-16-6-10-22-38(32)46-42/h5-25H,1-4H3/i1D3,2D3,3D3,4D3. The van der Waals surface area contributed by atoms with E-state index < -0.39 is 32.8 Å². The normalized spacial score (nSPS) is 18.5. The van der Waals surface area contributed by atoms with E-state index in [0.29, 0.717) is 5.56 Å². The van der Waals surface area contributed by atoms with Crippen LogP contribution in [0, 0.1) is 13.7 Å². The van der Waals surface area contributed by atoms with Crippen molar-refractivity contribution in [3.05, 3.63) is 150 Å². The molecule has 0 unspecified atom stereocenters. The van der Waals surface area contributed by atoms with Crippen LogP contribution < -0.4 is 4.74 Å². The number of ether oxygens (including phenoxy) is 1. The Morgan fingerprint density at radius 2 is 1.50 bits per heavy atom. The quantitative estimate of drug-likeness (QED) is 0.171. The average Bonchev–Trinajstić information content (AvgIpc) is 3.69. The summed E-state index contributed by atoms with van der Waals surface area (Å²) in [5.74, 6) is -0.274. The zero-order valence-electron chi connectivity index (χ0n) is 36.4. The van der Waals surface area contributed by atoms with Crippen LogP contribution in [0.15, 0.2) is 127 Å². The molecule has 46 heavy (non-hydrogen) atoms. The van der Waals surface area contributed by atoms with Crippen molar-refractivity contribution in [1.82, 2.24) is 4.57 Å². The summed E-state index contributed by atoms with van der Waals surface area (Å²) in [6, 6.07) is 37.0. The number of para-hydroxylation sites is 3. The van der Waals surface area contributed by atoms with Crippen LogP contribution in [-0.4, -0.2) is 19.1 Å². The van der Waals surface area contributed by atoms with Crippen LogP contribution in [0.3, 0.4) is 0 Å². The minimum absolute atomic E-state index is 0.0427. The Labute approximate surface area is 292 Å². The predicted molar refractivity (Wildman–Crippen MR) is 194 cm³/mol. The van der Waals surface area contributed by atoms with Gasteiger partial charge in [0.2, 0.25) is 0 Å². The van der Waals surface area contributed by atoms with Crippen LogP contribution in [0.5, 0.6) is 11.5 Å². The van der Waals surface area contributed by atoms with Crippen molar-refractivity contribution >= 4 is 44.8 Å². The summed E-state index contributed by atoms with van der Waals surface area (Å²) in [7, 11) is 0. The van der Waals surface area contributed by atoms with E-state index in [1.807, 2.05) is 42.5 Å². The van der Waals surface area contributed by atoms with Crippen LogP contribution in [0.25, 0.3) is 58.3 Å². The van der Waals surface area contributed by atoms with E-state index in [-0.39, 0.29) is 64.9 Å². The molecule has 9 rings (SSSR count). The minimum atomic E-state index is -3.15. The van der Waals surface area contributed by atoms with Gasteiger partial charge < -0.3 is 0 Å².